The van der Waals surface area contributed by atoms with E-state index in [1.165, 1.54) is 6.08 Å². The van der Waals surface area contributed by atoms with Crippen LogP contribution >= 0.6 is 0 Å². The van der Waals surface area contributed by atoms with Gasteiger partial charge in [0.1, 0.15) is 0 Å². The Morgan fingerprint density at radius 1 is 1.24 bits per heavy atom. The zero-order chi connectivity index (χ0) is 15.8. The van der Waals surface area contributed by atoms with Gasteiger partial charge in [-0.3, -0.25) is 10.6 Å². The summed E-state index contributed by atoms with van der Waals surface area (Å²) in [5, 5.41) is 2.54. The number of carbonyl (C=O) groups is 1. The van der Waals surface area contributed by atoms with Crippen molar-refractivity contribution >= 4 is 12.1 Å². The van der Waals surface area contributed by atoms with Crippen molar-refractivity contribution in [1.82, 2.24) is 10.7 Å². The molecule has 0 unspecified atom stereocenters. The van der Waals surface area contributed by atoms with Crippen molar-refractivity contribution in [3.8, 4) is 0 Å². The Morgan fingerprint density at radius 2 is 1.90 bits per heavy atom. The van der Waals surface area contributed by atoms with Gasteiger partial charge in [0.15, 0.2) is 0 Å². The fourth-order valence-electron chi connectivity index (χ4n) is 1.96. The second kappa shape index (κ2) is 7.72. The number of amides is 1. The molecule has 1 aromatic rings. The van der Waals surface area contributed by atoms with Crippen LogP contribution in [-0.4, -0.2) is 6.41 Å². The van der Waals surface area contributed by atoms with Crippen molar-refractivity contribution in [3.05, 3.63) is 77.7 Å². The van der Waals surface area contributed by atoms with E-state index in [9.17, 15) is 4.79 Å². The molecular weight excluding hydrogens is 264 g/mol. The maximum absolute atomic E-state index is 10.7. The normalized spacial score (nSPS) is 12.7. The van der Waals surface area contributed by atoms with Gasteiger partial charge in [0.05, 0.1) is 11.4 Å². The Bertz CT molecular complexity index is 614. The van der Waals surface area contributed by atoms with Gasteiger partial charge < -0.3 is 16.5 Å². The highest BCUT2D eigenvalue weighted by atomic mass is 16.1. The zero-order valence-electron chi connectivity index (χ0n) is 12.0. The van der Waals surface area contributed by atoms with Gasteiger partial charge in [0, 0.05) is 16.8 Å². The molecule has 0 aliphatic heterocycles. The Hall–Kier alpha value is -2.79. The molecule has 0 aliphatic carbocycles. The Balaban J connectivity index is 3.55. The number of nitrogens with one attached hydrogen (secondary N) is 2. The van der Waals surface area contributed by atoms with Crippen LogP contribution in [0.5, 0.6) is 0 Å². The van der Waals surface area contributed by atoms with E-state index in [0.29, 0.717) is 29.1 Å². The number of hydrogen-bond donors (Lipinski definition) is 4. The maximum Gasteiger partial charge on any atom is 0.211 e. The molecule has 0 aromatic heterocycles. The lowest BCUT2D eigenvalue weighted by Crippen LogP contribution is -2.25. The number of rotatable bonds is 7. The van der Waals surface area contributed by atoms with E-state index in [4.69, 9.17) is 11.6 Å². The summed E-state index contributed by atoms with van der Waals surface area (Å²) in [6.45, 7) is 9.32. The maximum atomic E-state index is 10.7. The first kappa shape index (κ1) is 16.3. The van der Waals surface area contributed by atoms with Crippen LogP contribution in [0.4, 0.5) is 0 Å². The third-order valence-electron chi connectivity index (χ3n) is 3.03. The van der Waals surface area contributed by atoms with E-state index in [-0.39, 0.29) is 0 Å². The molecule has 0 spiro atoms. The average Bonchev–Trinajstić information content (AvgIpc) is 2.49. The van der Waals surface area contributed by atoms with Crippen molar-refractivity contribution in [3.63, 3.8) is 0 Å². The molecule has 0 radical (unpaired) electrons. The third-order valence-corrected chi connectivity index (χ3v) is 3.03. The summed E-state index contributed by atoms with van der Waals surface area (Å²) in [4.78, 5) is 10.7. The van der Waals surface area contributed by atoms with Crippen LogP contribution in [-0.2, 0) is 4.79 Å². The molecular formula is C16H20N4O. The molecule has 1 rings (SSSR count). The van der Waals surface area contributed by atoms with Crippen molar-refractivity contribution in [1.29, 1.82) is 0 Å². The van der Waals surface area contributed by atoms with Crippen LogP contribution in [0.15, 0.2) is 66.5 Å². The largest absolute Gasteiger partial charge is 0.396 e. The van der Waals surface area contributed by atoms with Crippen molar-refractivity contribution < 1.29 is 4.79 Å². The van der Waals surface area contributed by atoms with Crippen LogP contribution < -0.4 is 22.3 Å². The van der Waals surface area contributed by atoms with Gasteiger partial charge in [-0.2, -0.15) is 0 Å². The van der Waals surface area contributed by atoms with Gasteiger partial charge in [-0.15, -0.1) is 0 Å². The quantitative estimate of drug-likeness (QED) is 0.264. The molecule has 5 heteroatoms. The van der Waals surface area contributed by atoms with Crippen molar-refractivity contribution in [2.24, 2.45) is 11.6 Å². The summed E-state index contributed by atoms with van der Waals surface area (Å²) >= 11 is 0. The van der Waals surface area contributed by atoms with Gasteiger partial charge in [0.2, 0.25) is 6.41 Å². The van der Waals surface area contributed by atoms with Gasteiger partial charge in [0.25, 0.3) is 0 Å². The zero-order valence-corrected chi connectivity index (χ0v) is 12.0. The van der Waals surface area contributed by atoms with Crippen LogP contribution in [0.2, 0.25) is 0 Å². The lowest BCUT2D eigenvalue weighted by Gasteiger charge is -2.16. The molecule has 0 bridgehead atoms. The second-order valence-electron chi connectivity index (χ2n) is 4.25. The van der Waals surface area contributed by atoms with Crippen LogP contribution in [0.1, 0.15) is 11.1 Å². The second-order valence-corrected chi connectivity index (χ2v) is 4.25. The lowest BCUT2D eigenvalue weighted by atomic mass is 10.0. The molecule has 0 heterocycles. The van der Waals surface area contributed by atoms with E-state index in [1.54, 1.807) is 6.08 Å². The molecule has 1 aromatic carbocycles. The van der Waals surface area contributed by atoms with E-state index in [1.807, 2.05) is 31.2 Å². The van der Waals surface area contributed by atoms with Gasteiger partial charge in [-0.1, -0.05) is 43.5 Å². The smallest absolute Gasteiger partial charge is 0.211 e. The van der Waals surface area contributed by atoms with Gasteiger partial charge in [-0.05, 0) is 18.6 Å². The fraction of sp³-hybridized carbons (Fsp3) is 0.0625. The minimum absolute atomic E-state index is 0.367. The average molecular weight is 284 g/mol. The number of carbonyl (C=O) groups excluding carboxylic acids is 1. The number of hydrogen-bond acceptors (Lipinski definition) is 4. The van der Waals surface area contributed by atoms with Gasteiger partial charge in [-0.25, -0.2) is 0 Å². The first-order valence-electron chi connectivity index (χ1n) is 6.32. The summed E-state index contributed by atoms with van der Waals surface area (Å²) in [7, 11) is 0. The summed E-state index contributed by atoms with van der Waals surface area (Å²) in [5.74, 6) is 5.62. The number of benzene rings is 1. The number of nitrogens with two attached hydrogens (primary N) is 2. The summed E-state index contributed by atoms with van der Waals surface area (Å²) < 4.78 is 0. The van der Waals surface area contributed by atoms with Crippen LogP contribution in [0.3, 0.4) is 0 Å². The first-order chi connectivity index (χ1) is 10.1. The fourth-order valence-corrected chi connectivity index (χ4v) is 1.96. The summed E-state index contributed by atoms with van der Waals surface area (Å²) in [6, 6.07) is 7.67. The molecule has 5 nitrogen and oxygen atoms in total. The monoisotopic (exact) mass is 284 g/mol. The highest BCUT2D eigenvalue weighted by Crippen LogP contribution is 2.22. The highest BCUT2D eigenvalue weighted by Gasteiger charge is 2.12. The minimum Gasteiger partial charge on any atom is -0.396 e. The molecule has 0 saturated heterocycles. The molecule has 0 atom stereocenters. The molecule has 0 saturated carbocycles. The molecule has 6 N–H and O–H groups in total. The Labute approximate surface area is 124 Å². The highest BCUT2D eigenvalue weighted by molar-refractivity contribution is 5.74. The number of aryl methyl sites for hydroxylation is 1. The predicted molar refractivity (Wildman–Crippen MR) is 86.2 cm³/mol. The number of hydrazine groups is 1. The molecule has 0 fully saturated rings. The standard InChI is InChI=1S/C16H20N4O/c1-4-12(14(5-2)19-10-21)15(17)16(20-18)13-9-7-6-8-11(13)3/h4-10,20H,1-2,17-18H2,3H3,(H,19,21)/b14-12-,16-15-. The van der Waals surface area contributed by atoms with E-state index in [0.717, 1.165) is 11.1 Å². The van der Waals surface area contributed by atoms with E-state index < -0.39 is 0 Å². The topological polar surface area (TPSA) is 93.2 Å². The summed E-state index contributed by atoms with van der Waals surface area (Å²) in [5.41, 5.74) is 12.6. The van der Waals surface area contributed by atoms with Crippen molar-refractivity contribution in [2.75, 3.05) is 0 Å². The summed E-state index contributed by atoms with van der Waals surface area (Å²) in [6.07, 6.45) is 3.58. The molecule has 1 amide bonds. The SMILES string of the molecule is C=C/C(NC=O)=C(C=C)/C(N)=C(/NN)c1ccccc1C. The molecule has 0 aliphatic rings. The van der Waals surface area contributed by atoms with Gasteiger partial charge >= 0.3 is 0 Å². The van der Waals surface area contributed by atoms with Crippen LogP contribution in [0, 0.1) is 6.92 Å². The lowest BCUT2D eigenvalue weighted by molar-refractivity contribution is -0.108. The van der Waals surface area contributed by atoms with E-state index >= 15 is 0 Å². The Kier molecular flexibility index (Phi) is 5.98. The van der Waals surface area contributed by atoms with E-state index in [2.05, 4.69) is 23.9 Å². The number of allylic oxidation sites excluding steroid dienone is 2. The van der Waals surface area contributed by atoms with Crippen LogP contribution in [0.25, 0.3) is 5.70 Å². The minimum atomic E-state index is 0.367. The predicted octanol–water partition coefficient (Wildman–Crippen LogP) is 1.46. The molecule has 110 valence electrons. The first-order valence-corrected chi connectivity index (χ1v) is 6.32. The Morgan fingerprint density at radius 3 is 2.38 bits per heavy atom. The molecule has 21 heavy (non-hydrogen) atoms. The third kappa shape index (κ3) is 3.61. The van der Waals surface area contributed by atoms with Crippen molar-refractivity contribution in [2.45, 2.75) is 6.92 Å².